The molecule has 0 aliphatic carbocycles. The highest BCUT2D eigenvalue weighted by Gasteiger charge is 2.62. The van der Waals surface area contributed by atoms with Crippen molar-refractivity contribution in [2.24, 2.45) is 5.41 Å². The number of carbonyl (C=O) groups is 3. The Bertz CT molecular complexity index is 1200. The second-order valence-corrected chi connectivity index (χ2v) is 8.87. The second kappa shape index (κ2) is 8.12. The van der Waals surface area contributed by atoms with Crippen molar-refractivity contribution >= 4 is 34.9 Å². The molecule has 1 N–H and O–H groups in total. The fourth-order valence-electron chi connectivity index (χ4n) is 5.50. The minimum absolute atomic E-state index is 0.0181. The van der Waals surface area contributed by atoms with Gasteiger partial charge in [-0.25, -0.2) is 9.69 Å². The lowest BCUT2D eigenvalue weighted by Gasteiger charge is -2.51. The largest absolute Gasteiger partial charge is 0.497 e. The van der Waals surface area contributed by atoms with Crippen molar-refractivity contribution in [2.75, 3.05) is 23.5 Å². The lowest BCUT2D eigenvalue weighted by molar-refractivity contribution is -0.384. The molecule has 0 radical (unpaired) electrons. The molecule has 176 valence electrons. The summed E-state index contributed by atoms with van der Waals surface area (Å²) >= 11 is 0. The maximum absolute atomic E-state index is 14.1. The van der Waals surface area contributed by atoms with E-state index >= 15 is 0 Å². The second-order valence-electron chi connectivity index (χ2n) is 8.87. The van der Waals surface area contributed by atoms with Gasteiger partial charge in [-0.2, -0.15) is 0 Å². The number of non-ortho nitro benzene ring substituents is 1. The molecule has 0 unspecified atom stereocenters. The predicted octanol–water partition coefficient (Wildman–Crippen LogP) is 3.18. The Morgan fingerprint density at radius 3 is 2.56 bits per heavy atom. The number of fused-ring (bicyclic) bond motifs is 4. The van der Waals surface area contributed by atoms with Crippen molar-refractivity contribution in [2.45, 2.75) is 38.1 Å². The number of nitrogens with zero attached hydrogens (tertiary/aromatic N) is 3. The number of carbonyl (C=O) groups excluding carboxylic acids is 3. The average Bonchev–Trinajstić information content (AvgIpc) is 3.09. The van der Waals surface area contributed by atoms with E-state index in [0.717, 1.165) is 29.8 Å². The Hall–Kier alpha value is -3.95. The van der Waals surface area contributed by atoms with Gasteiger partial charge in [-0.1, -0.05) is 12.8 Å². The van der Waals surface area contributed by atoms with E-state index in [4.69, 9.17) is 4.74 Å². The van der Waals surface area contributed by atoms with E-state index in [-0.39, 0.29) is 12.1 Å². The first-order valence-corrected chi connectivity index (χ1v) is 11.2. The molecule has 2 aromatic carbocycles. The molecule has 1 spiro atoms. The van der Waals surface area contributed by atoms with Gasteiger partial charge in [0.15, 0.2) is 5.41 Å². The number of benzene rings is 2. The monoisotopic (exact) mass is 464 g/mol. The molecule has 2 fully saturated rings. The van der Waals surface area contributed by atoms with Gasteiger partial charge in [0.2, 0.25) is 5.91 Å². The molecule has 10 heteroatoms. The van der Waals surface area contributed by atoms with Crippen LogP contribution in [0.2, 0.25) is 0 Å². The third-order valence-electron chi connectivity index (χ3n) is 7.12. The number of nitro benzene ring substituents is 1. The first-order chi connectivity index (χ1) is 16.4. The van der Waals surface area contributed by atoms with Crippen LogP contribution in [0.1, 0.15) is 31.2 Å². The molecule has 3 heterocycles. The molecule has 2 atom stereocenters. The summed E-state index contributed by atoms with van der Waals surface area (Å²) in [7, 11) is 1.51. The summed E-state index contributed by atoms with van der Waals surface area (Å²) in [5.41, 5.74) is -0.00829. The van der Waals surface area contributed by atoms with E-state index in [9.17, 15) is 24.5 Å². The van der Waals surface area contributed by atoms with E-state index in [2.05, 4.69) is 5.32 Å². The van der Waals surface area contributed by atoms with Crippen LogP contribution in [0, 0.1) is 15.5 Å². The molecule has 34 heavy (non-hydrogen) atoms. The number of nitrogens with one attached hydrogen (secondary N) is 1. The van der Waals surface area contributed by atoms with Gasteiger partial charge in [-0.05, 0) is 48.7 Å². The quantitative estimate of drug-likeness (QED) is 0.421. The zero-order valence-corrected chi connectivity index (χ0v) is 18.7. The third kappa shape index (κ3) is 3.20. The molecule has 2 saturated heterocycles. The molecule has 5 rings (SSSR count). The van der Waals surface area contributed by atoms with Crippen molar-refractivity contribution in [3.8, 4) is 5.75 Å². The predicted molar refractivity (Wildman–Crippen MR) is 123 cm³/mol. The Morgan fingerprint density at radius 1 is 1.09 bits per heavy atom. The molecule has 2 aromatic rings. The summed E-state index contributed by atoms with van der Waals surface area (Å²) < 4.78 is 5.17. The topological polar surface area (TPSA) is 122 Å². The van der Waals surface area contributed by atoms with E-state index < -0.39 is 34.2 Å². The maximum atomic E-state index is 14.1. The number of ether oxygens (including phenoxy) is 1. The van der Waals surface area contributed by atoms with Crippen molar-refractivity contribution in [1.29, 1.82) is 0 Å². The highest BCUT2D eigenvalue weighted by atomic mass is 16.6. The van der Waals surface area contributed by atoms with Crippen LogP contribution in [-0.4, -0.2) is 42.5 Å². The third-order valence-corrected chi connectivity index (χ3v) is 7.12. The summed E-state index contributed by atoms with van der Waals surface area (Å²) in [6, 6.07) is 9.77. The zero-order chi connectivity index (χ0) is 24.0. The number of hydrogen-bond acceptors (Lipinski definition) is 7. The van der Waals surface area contributed by atoms with Gasteiger partial charge in [0.25, 0.3) is 11.6 Å². The summed E-state index contributed by atoms with van der Waals surface area (Å²) in [4.78, 5) is 54.5. The Balaban J connectivity index is 1.66. The van der Waals surface area contributed by atoms with Gasteiger partial charge in [0, 0.05) is 30.8 Å². The van der Waals surface area contributed by atoms with Crippen molar-refractivity contribution in [3.05, 3.63) is 58.1 Å². The van der Waals surface area contributed by atoms with Crippen LogP contribution in [0.25, 0.3) is 0 Å². The van der Waals surface area contributed by atoms with Crippen LogP contribution < -0.4 is 19.9 Å². The smallest absolute Gasteiger partial charge is 0.335 e. The fraction of sp³-hybridized carbons (Fsp3) is 0.375. The van der Waals surface area contributed by atoms with Crippen LogP contribution in [0.3, 0.4) is 0 Å². The summed E-state index contributed by atoms with van der Waals surface area (Å²) in [5.74, 6) is -0.699. The van der Waals surface area contributed by atoms with Gasteiger partial charge >= 0.3 is 6.03 Å². The SMILES string of the molecule is COc1ccc(N2C(=O)NC(=O)[C@]3(Cc4cc([N+](=O)[O-])ccc4N4CCCCC[C@H]43)C2=O)cc1. The molecule has 3 aliphatic rings. The normalized spacial score (nSPS) is 24.3. The molecule has 10 nitrogen and oxygen atoms in total. The van der Waals surface area contributed by atoms with Gasteiger partial charge < -0.3 is 9.64 Å². The van der Waals surface area contributed by atoms with Crippen LogP contribution >= 0.6 is 0 Å². The number of anilines is 2. The van der Waals surface area contributed by atoms with Crippen LogP contribution in [0.5, 0.6) is 5.75 Å². The molecule has 3 aliphatic heterocycles. The van der Waals surface area contributed by atoms with E-state index in [1.54, 1.807) is 30.3 Å². The molecule has 0 bridgehead atoms. The van der Waals surface area contributed by atoms with E-state index in [0.29, 0.717) is 30.0 Å². The van der Waals surface area contributed by atoms with Crippen LogP contribution in [0.4, 0.5) is 21.9 Å². The molecular weight excluding hydrogens is 440 g/mol. The number of nitro groups is 1. The van der Waals surface area contributed by atoms with E-state index in [1.807, 2.05) is 4.90 Å². The maximum Gasteiger partial charge on any atom is 0.335 e. The number of urea groups is 1. The summed E-state index contributed by atoms with van der Waals surface area (Å²) in [6.45, 7) is 0.619. The van der Waals surface area contributed by atoms with Gasteiger partial charge in [0.05, 0.1) is 23.8 Å². The standard InChI is InChI=1S/C24H24N4O6/c1-34-18-9-6-16(7-10-18)27-22(30)24(21(29)25-23(27)31)14-15-13-17(28(32)33)8-11-19(15)26-12-4-2-3-5-20(24)26/h6-11,13,20H,2-5,12,14H2,1H3,(H,25,29,31)/t20-,24+/m0/s1. The molecule has 4 amide bonds. The number of imide groups is 2. The average molecular weight is 464 g/mol. The van der Waals surface area contributed by atoms with Crippen molar-refractivity contribution in [3.63, 3.8) is 0 Å². The van der Waals surface area contributed by atoms with Gasteiger partial charge in [-0.3, -0.25) is 25.0 Å². The fourth-order valence-corrected chi connectivity index (χ4v) is 5.50. The van der Waals surface area contributed by atoms with Crippen molar-refractivity contribution < 1.29 is 24.0 Å². The number of amides is 4. The summed E-state index contributed by atoms with van der Waals surface area (Å²) in [6.07, 6.45) is 3.24. The number of rotatable bonds is 3. The Labute approximate surface area is 195 Å². The van der Waals surface area contributed by atoms with Gasteiger partial charge in [-0.15, -0.1) is 0 Å². The first-order valence-electron chi connectivity index (χ1n) is 11.2. The molecule has 0 saturated carbocycles. The van der Waals surface area contributed by atoms with E-state index in [1.165, 1.54) is 19.2 Å². The number of methoxy groups -OCH3 is 1. The highest BCUT2D eigenvalue weighted by molar-refractivity contribution is 6.30. The number of barbiturate groups is 1. The lowest BCUT2D eigenvalue weighted by atomic mass is 9.67. The van der Waals surface area contributed by atoms with Crippen molar-refractivity contribution in [1.82, 2.24) is 5.32 Å². The minimum Gasteiger partial charge on any atom is -0.497 e. The molecular formula is C24H24N4O6. The van der Waals surface area contributed by atoms with Crippen LogP contribution in [-0.2, 0) is 16.0 Å². The number of hydrogen-bond donors (Lipinski definition) is 1. The molecule has 0 aromatic heterocycles. The van der Waals surface area contributed by atoms with Crippen LogP contribution in [0.15, 0.2) is 42.5 Å². The van der Waals surface area contributed by atoms with Gasteiger partial charge in [0.1, 0.15) is 5.75 Å². The highest BCUT2D eigenvalue weighted by Crippen LogP contribution is 2.48. The zero-order valence-electron chi connectivity index (χ0n) is 18.7. The Kier molecular flexibility index (Phi) is 5.22. The minimum atomic E-state index is -1.58. The Morgan fingerprint density at radius 2 is 1.85 bits per heavy atom. The summed E-state index contributed by atoms with van der Waals surface area (Å²) in [5, 5.41) is 13.8. The first kappa shape index (κ1) is 21.9. The lowest BCUT2D eigenvalue weighted by Crippen LogP contribution is -2.72.